The van der Waals surface area contributed by atoms with E-state index in [2.05, 4.69) is 20.5 Å². The van der Waals surface area contributed by atoms with Crippen molar-refractivity contribution >= 4 is 5.91 Å². The van der Waals surface area contributed by atoms with E-state index < -0.39 is 0 Å². The van der Waals surface area contributed by atoms with Crippen LogP contribution in [-0.4, -0.2) is 21.1 Å². The number of nitrogens with one attached hydrogen (secondary N) is 3. The number of aryl methyl sites for hydroxylation is 1. The molecule has 2 aromatic rings. The monoisotopic (exact) mass is 232 g/mol. The quantitative estimate of drug-likeness (QED) is 0.712. The van der Waals surface area contributed by atoms with E-state index in [1.807, 2.05) is 6.92 Å². The highest BCUT2D eigenvalue weighted by molar-refractivity contribution is 5.92. The lowest BCUT2D eigenvalue weighted by atomic mass is 10.2. The molecule has 0 saturated heterocycles. The largest absolute Gasteiger partial charge is 0.347 e. The predicted octanol–water partition coefficient (Wildman–Crippen LogP) is 0.336. The number of pyridine rings is 1. The fraction of sp³-hybridized carbons (Fsp3) is 0.182. The van der Waals surface area contributed by atoms with Crippen molar-refractivity contribution in [3.8, 4) is 0 Å². The molecule has 0 bridgehead atoms. The highest BCUT2D eigenvalue weighted by Gasteiger charge is 2.07. The third kappa shape index (κ3) is 2.60. The molecule has 0 radical (unpaired) electrons. The third-order valence-electron chi connectivity index (χ3n) is 2.39. The van der Waals surface area contributed by atoms with E-state index in [-0.39, 0.29) is 17.2 Å². The SMILES string of the molecule is Cc1[nH]ncc1CNC(=O)c1cccc(=O)[nH]1. The van der Waals surface area contributed by atoms with Gasteiger partial charge in [-0.2, -0.15) is 5.10 Å². The fourth-order valence-electron chi connectivity index (χ4n) is 1.40. The highest BCUT2D eigenvalue weighted by Crippen LogP contribution is 2.01. The van der Waals surface area contributed by atoms with Gasteiger partial charge in [0.25, 0.3) is 5.91 Å². The summed E-state index contributed by atoms with van der Waals surface area (Å²) in [6.07, 6.45) is 1.66. The van der Waals surface area contributed by atoms with Gasteiger partial charge in [0, 0.05) is 23.9 Å². The maximum absolute atomic E-state index is 11.7. The van der Waals surface area contributed by atoms with Gasteiger partial charge in [-0.15, -0.1) is 0 Å². The van der Waals surface area contributed by atoms with Crippen molar-refractivity contribution in [2.24, 2.45) is 0 Å². The van der Waals surface area contributed by atoms with Crippen molar-refractivity contribution in [2.75, 3.05) is 0 Å². The molecule has 88 valence electrons. The fourth-order valence-corrected chi connectivity index (χ4v) is 1.40. The number of amides is 1. The Morgan fingerprint density at radius 3 is 2.94 bits per heavy atom. The van der Waals surface area contributed by atoms with Gasteiger partial charge >= 0.3 is 0 Å². The molecule has 0 spiro atoms. The lowest BCUT2D eigenvalue weighted by Crippen LogP contribution is -2.25. The molecular weight excluding hydrogens is 220 g/mol. The summed E-state index contributed by atoms with van der Waals surface area (Å²) in [7, 11) is 0. The van der Waals surface area contributed by atoms with Crippen LogP contribution in [0.15, 0.2) is 29.2 Å². The molecule has 17 heavy (non-hydrogen) atoms. The van der Waals surface area contributed by atoms with Gasteiger partial charge in [-0.25, -0.2) is 0 Å². The standard InChI is InChI=1S/C11H12N4O2/c1-7-8(6-13-15-7)5-12-11(17)9-3-2-4-10(16)14-9/h2-4,6H,5H2,1H3,(H,12,17)(H,13,15)(H,14,16). The summed E-state index contributed by atoms with van der Waals surface area (Å²) in [5.41, 5.74) is 1.78. The van der Waals surface area contributed by atoms with Crippen LogP contribution in [0.3, 0.4) is 0 Å². The van der Waals surface area contributed by atoms with Gasteiger partial charge in [0.2, 0.25) is 5.56 Å². The average Bonchev–Trinajstić information content (AvgIpc) is 2.72. The minimum absolute atomic E-state index is 0.249. The lowest BCUT2D eigenvalue weighted by Gasteiger charge is -2.03. The molecule has 0 atom stereocenters. The minimum Gasteiger partial charge on any atom is -0.347 e. The number of aromatic nitrogens is 3. The van der Waals surface area contributed by atoms with Gasteiger partial charge in [0.05, 0.1) is 6.20 Å². The summed E-state index contributed by atoms with van der Waals surface area (Å²) in [5, 5.41) is 9.33. The van der Waals surface area contributed by atoms with E-state index in [0.717, 1.165) is 11.3 Å². The van der Waals surface area contributed by atoms with Crippen molar-refractivity contribution in [1.29, 1.82) is 0 Å². The number of rotatable bonds is 3. The number of aromatic amines is 2. The van der Waals surface area contributed by atoms with E-state index in [1.54, 1.807) is 12.3 Å². The first-order chi connectivity index (χ1) is 8.16. The Balaban J connectivity index is 2.03. The molecule has 0 unspecified atom stereocenters. The molecule has 2 aromatic heterocycles. The number of nitrogens with zero attached hydrogens (tertiary/aromatic N) is 1. The van der Waals surface area contributed by atoms with Crippen LogP contribution in [-0.2, 0) is 6.54 Å². The molecule has 0 saturated carbocycles. The molecule has 3 N–H and O–H groups in total. The summed E-state index contributed by atoms with van der Waals surface area (Å²) in [6.45, 7) is 2.25. The molecule has 6 nitrogen and oxygen atoms in total. The summed E-state index contributed by atoms with van der Waals surface area (Å²) < 4.78 is 0. The Kier molecular flexibility index (Phi) is 3.04. The molecule has 0 aliphatic rings. The van der Waals surface area contributed by atoms with Gasteiger partial charge in [0.1, 0.15) is 5.69 Å². The van der Waals surface area contributed by atoms with Gasteiger partial charge in [-0.3, -0.25) is 14.7 Å². The Hall–Kier alpha value is -2.37. The van der Waals surface area contributed by atoms with Crippen LogP contribution < -0.4 is 10.9 Å². The smallest absolute Gasteiger partial charge is 0.268 e. The maximum Gasteiger partial charge on any atom is 0.268 e. The summed E-state index contributed by atoms with van der Waals surface area (Å²) in [5.74, 6) is -0.316. The van der Waals surface area contributed by atoms with Crippen LogP contribution in [0.25, 0.3) is 0 Å². The Labute approximate surface area is 97.1 Å². The van der Waals surface area contributed by atoms with Crippen molar-refractivity contribution in [3.63, 3.8) is 0 Å². The molecular formula is C11H12N4O2. The second-order valence-electron chi connectivity index (χ2n) is 3.63. The van der Waals surface area contributed by atoms with Crippen LogP contribution >= 0.6 is 0 Å². The van der Waals surface area contributed by atoms with Crippen LogP contribution in [0.1, 0.15) is 21.7 Å². The zero-order chi connectivity index (χ0) is 12.3. The van der Waals surface area contributed by atoms with E-state index in [0.29, 0.717) is 6.54 Å². The van der Waals surface area contributed by atoms with E-state index in [4.69, 9.17) is 0 Å². The summed E-state index contributed by atoms with van der Waals surface area (Å²) in [4.78, 5) is 25.2. The number of hydrogen-bond acceptors (Lipinski definition) is 3. The molecule has 0 aromatic carbocycles. The molecule has 2 rings (SSSR count). The Bertz CT molecular complexity index is 585. The zero-order valence-electron chi connectivity index (χ0n) is 9.28. The summed E-state index contributed by atoms with van der Waals surface area (Å²) >= 11 is 0. The van der Waals surface area contributed by atoms with Crippen LogP contribution in [0.5, 0.6) is 0 Å². The lowest BCUT2D eigenvalue weighted by molar-refractivity contribution is 0.0945. The van der Waals surface area contributed by atoms with E-state index in [1.165, 1.54) is 12.1 Å². The number of carbonyl (C=O) groups excluding carboxylic acids is 1. The van der Waals surface area contributed by atoms with Crippen LogP contribution in [0.2, 0.25) is 0 Å². The molecule has 6 heteroatoms. The molecule has 2 heterocycles. The van der Waals surface area contributed by atoms with E-state index in [9.17, 15) is 9.59 Å². The van der Waals surface area contributed by atoms with Gasteiger partial charge in [-0.1, -0.05) is 6.07 Å². The normalized spacial score (nSPS) is 10.2. The average molecular weight is 232 g/mol. The second-order valence-corrected chi connectivity index (χ2v) is 3.63. The Morgan fingerprint density at radius 2 is 2.29 bits per heavy atom. The van der Waals surface area contributed by atoms with Crippen molar-refractivity contribution in [3.05, 3.63) is 51.7 Å². The van der Waals surface area contributed by atoms with Gasteiger partial charge in [-0.05, 0) is 13.0 Å². The van der Waals surface area contributed by atoms with Crippen molar-refractivity contribution in [1.82, 2.24) is 20.5 Å². The molecule has 0 aliphatic heterocycles. The van der Waals surface area contributed by atoms with E-state index >= 15 is 0 Å². The zero-order valence-corrected chi connectivity index (χ0v) is 9.28. The minimum atomic E-state index is -0.316. The van der Waals surface area contributed by atoms with Gasteiger partial charge in [0.15, 0.2) is 0 Å². The number of hydrogen-bond donors (Lipinski definition) is 3. The first-order valence-corrected chi connectivity index (χ1v) is 5.13. The maximum atomic E-state index is 11.7. The van der Waals surface area contributed by atoms with Crippen LogP contribution in [0.4, 0.5) is 0 Å². The molecule has 0 aliphatic carbocycles. The summed E-state index contributed by atoms with van der Waals surface area (Å²) in [6, 6.07) is 4.45. The highest BCUT2D eigenvalue weighted by atomic mass is 16.2. The van der Waals surface area contributed by atoms with Gasteiger partial charge < -0.3 is 10.3 Å². The van der Waals surface area contributed by atoms with Crippen molar-refractivity contribution in [2.45, 2.75) is 13.5 Å². The first-order valence-electron chi connectivity index (χ1n) is 5.13. The van der Waals surface area contributed by atoms with Crippen molar-refractivity contribution < 1.29 is 4.79 Å². The topological polar surface area (TPSA) is 90.6 Å². The number of H-pyrrole nitrogens is 2. The second kappa shape index (κ2) is 4.65. The Morgan fingerprint density at radius 1 is 1.47 bits per heavy atom. The number of carbonyl (C=O) groups is 1. The molecule has 0 fully saturated rings. The first kappa shape index (κ1) is 11.1. The molecule has 1 amide bonds. The third-order valence-corrected chi connectivity index (χ3v) is 2.39. The predicted molar refractivity (Wildman–Crippen MR) is 61.6 cm³/mol. The van der Waals surface area contributed by atoms with Crippen LogP contribution in [0, 0.1) is 6.92 Å².